The molecular weight excluding hydrogens is 208 g/mol. The molecule has 0 atom stereocenters. The van der Waals surface area contributed by atoms with Crippen molar-refractivity contribution in [3.8, 4) is 0 Å². The smallest absolute Gasteiger partial charge is 0.328 e. The highest BCUT2D eigenvalue weighted by molar-refractivity contribution is 5.92. The molecule has 1 aliphatic heterocycles. The normalized spacial score (nSPS) is 14.4. The molecule has 1 heterocycles. The van der Waals surface area contributed by atoms with Crippen LogP contribution in [-0.4, -0.2) is 34.1 Å². The van der Waals surface area contributed by atoms with Gasteiger partial charge in [0.05, 0.1) is 12.8 Å². The standard InChI is InChI=1S/C4H4O4.C4H4O3/c5-3(6)1-2-4(7)8;5-3-1-2-4(6)7-3/h1-2H,(H,5,6)(H,7,8);1-2H2/b2-1+;. The number of carboxylic acid groups (broad SMARTS) is 2. The van der Waals surface area contributed by atoms with Gasteiger partial charge in [-0.2, -0.15) is 0 Å². The second kappa shape index (κ2) is 6.30. The predicted octanol–water partition coefficient (Wildman–Crippen LogP) is -0.438. The highest BCUT2D eigenvalue weighted by Crippen LogP contribution is 2.03. The van der Waals surface area contributed by atoms with Crippen LogP contribution >= 0.6 is 0 Å². The fraction of sp³-hybridized carbons (Fsp3) is 0.250. The van der Waals surface area contributed by atoms with Crippen molar-refractivity contribution in [3.05, 3.63) is 12.2 Å². The first-order valence-corrected chi connectivity index (χ1v) is 3.79. The molecule has 0 radical (unpaired) electrons. The second-order valence-corrected chi connectivity index (χ2v) is 2.36. The highest BCUT2D eigenvalue weighted by atomic mass is 16.6. The molecule has 15 heavy (non-hydrogen) atoms. The number of esters is 2. The van der Waals surface area contributed by atoms with Crippen LogP contribution in [0.4, 0.5) is 0 Å². The summed E-state index contributed by atoms with van der Waals surface area (Å²) in [5, 5.41) is 15.6. The molecule has 0 aromatic carbocycles. The van der Waals surface area contributed by atoms with Gasteiger partial charge in [-0.1, -0.05) is 0 Å². The van der Waals surface area contributed by atoms with E-state index < -0.39 is 23.9 Å². The van der Waals surface area contributed by atoms with E-state index in [1.54, 1.807) is 0 Å². The van der Waals surface area contributed by atoms with Crippen molar-refractivity contribution in [2.24, 2.45) is 0 Å². The molecule has 7 heteroatoms. The highest BCUT2D eigenvalue weighted by Gasteiger charge is 2.19. The number of carbonyl (C=O) groups excluding carboxylic acids is 2. The summed E-state index contributed by atoms with van der Waals surface area (Å²) in [6, 6.07) is 0. The average molecular weight is 216 g/mol. The van der Waals surface area contributed by atoms with E-state index in [-0.39, 0.29) is 12.8 Å². The van der Waals surface area contributed by atoms with Crippen molar-refractivity contribution in [2.75, 3.05) is 0 Å². The molecule has 2 N–H and O–H groups in total. The summed E-state index contributed by atoms with van der Waals surface area (Å²) in [5.74, 6) is -3.31. The minimum atomic E-state index is -1.26. The maximum Gasteiger partial charge on any atom is 0.328 e. The van der Waals surface area contributed by atoms with Crippen molar-refractivity contribution in [1.29, 1.82) is 0 Å². The van der Waals surface area contributed by atoms with Crippen LogP contribution in [-0.2, 0) is 23.9 Å². The third-order valence-electron chi connectivity index (χ3n) is 1.13. The van der Waals surface area contributed by atoms with Crippen LogP contribution in [0.1, 0.15) is 12.8 Å². The zero-order chi connectivity index (χ0) is 11.8. The molecule has 0 saturated carbocycles. The fourth-order valence-electron chi connectivity index (χ4n) is 0.576. The van der Waals surface area contributed by atoms with Crippen molar-refractivity contribution in [2.45, 2.75) is 12.8 Å². The molecule has 1 rings (SSSR count). The molecular formula is C8H8O7. The Balaban J connectivity index is 0.000000262. The van der Waals surface area contributed by atoms with Gasteiger partial charge >= 0.3 is 23.9 Å². The maximum atomic E-state index is 10.0. The van der Waals surface area contributed by atoms with Crippen LogP contribution < -0.4 is 0 Å². The quantitative estimate of drug-likeness (QED) is 0.365. The second-order valence-electron chi connectivity index (χ2n) is 2.36. The Bertz CT molecular complexity index is 285. The van der Waals surface area contributed by atoms with Crippen molar-refractivity contribution < 1.29 is 34.1 Å². The summed E-state index contributed by atoms with van der Waals surface area (Å²) in [6.45, 7) is 0. The molecule has 0 aromatic rings. The Morgan fingerprint density at radius 1 is 1.00 bits per heavy atom. The van der Waals surface area contributed by atoms with Gasteiger partial charge in [-0.25, -0.2) is 9.59 Å². The molecule has 1 aliphatic rings. The third-order valence-corrected chi connectivity index (χ3v) is 1.13. The van der Waals surface area contributed by atoms with Crippen molar-refractivity contribution >= 4 is 23.9 Å². The summed E-state index contributed by atoms with van der Waals surface area (Å²) in [5.41, 5.74) is 0. The van der Waals surface area contributed by atoms with E-state index in [0.29, 0.717) is 12.2 Å². The van der Waals surface area contributed by atoms with Gasteiger partial charge in [0.1, 0.15) is 0 Å². The Morgan fingerprint density at radius 2 is 1.33 bits per heavy atom. The van der Waals surface area contributed by atoms with Crippen LogP contribution in [0.3, 0.4) is 0 Å². The lowest BCUT2D eigenvalue weighted by molar-refractivity contribution is -0.152. The molecule has 0 amide bonds. The van der Waals surface area contributed by atoms with Crippen LogP contribution in [0.25, 0.3) is 0 Å². The van der Waals surface area contributed by atoms with Gasteiger partial charge in [-0.3, -0.25) is 9.59 Å². The number of carboxylic acids is 2. The summed E-state index contributed by atoms with van der Waals surface area (Å²) >= 11 is 0. The Kier molecular flexibility index (Phi) is 5.38. The fourth-order valence-corrected chi connectivity index (χ4v) is 0.576. The summed E-state index contributed by atoms with van der Waals surface area (Å²) in [6.07, 6.45) is 1.64. The van der Waals surface area contributed by atoms with Crippen LogP contribution in [0.2, 0.25) is 0 Å². The van der Waals surface area contributed by atoms with Gasteiger partial charge < -0.3 is 14.9 Å². The number of cyclic esters (lactones) is 2. The van der Waals surface area contributed by atoms with Gasteiger partial charge in [0.2, 0.25) is 0 Å². The number of ether oxygens (including phenoxy) is 1. The number of carbonyl (C=O) groups is 4. The number of aliphatic carboxylic acids is 2. The number of hydrogen-bond donors (Lipinski definition) is 2. The van der Waals surface area contributed by atoms with E-state index in [1.165, 1.54) is 0 Å². The van der Waals surface area contributed by atoms with E-state index in [0.717, 1.165) is 0 Å². The first kappa shape index (κ1) is 12.8. The van der Waals surface area contributed by atoms with Crippen LogP contribution in [0.15, 0.2) is 12.2 Å². The largest absolute Gasteiger partial charge is 0.478 e. The van der Waals surface area contributed by atoms with E-state index in [4.69, 9.17) is 10.2 Å². The summed E-state index contributed by atoms with van der Waals surface area (Å²) in [7, 11) is 0. The predicted molar refractivity (Wildman–Crippen MR) is 44.7 cm³/mol. The van der Waals surface area contributed by atoms with Gasteiger partial charge in [0.15, 0.2) is 0 Å². The Morgan fingerprint density at radius 3 is 1.47 bits per heavy atom. The van der Waals surface area contributed by atoms with E-state index >= 15 is 0 Å². The van der Waals surface area contributed by atoms with Gasteiger partial charge in [0.25, 0.3) is 0 Å². The topological polar surface area (TPSA) is 118 Å². The minimum absolute atomic E-state index is 0.263. The van der Waals surface area contributed by atoms with E-state index in [9.17, 15) is 19.2 Å². The molecule has 0 spiro atoms. The van der Waals surface area contributed by atoms with Crippen LogP contribution in [0, 0.1) is 0 Å². The summed E-state index contributed by atoms with van der Waals surface area (Å²) in [4.78, 5) is 39.1. The Hall–Kier alpha value is -2.18. The Labute approximate surface area is 84.0 Å². The molecule has 82 valence electrons. The first-order valence-electron chi connectivity index (χ1n) is 3.79. The third kappa shape index (κ3) is 8.16. The molecule has 0 aliphatic carbocycles. The summed E-state index contributed by atoms with van der Waals surface area (Å²) < 4.78 is 4.08. The zero-order valence-corrected chi connectivity index (χ0v) is 7.50. The van der Waals surface area contributed by atoms with Gasteiger partial charge in [-0.15, -0.1) is 0 Å². The number of hydrogen-bond acceptors (Lipinski definition) is 5. The maximum absolute atomic E-state index is 10.0. The van der Waals surface area contributed by atoms with Gasteiger partial charge in [-0.05, 0) is 0 Å². The molecule has 1 saturated heterocycles. The number of rotatable bonds is 2. The van der Waals surface area contributed by atoms with Crippen molar-refractivity contribution in [1.82, 2.24) is 0 Å². The first-order chi connectivity index (χ1) is 6.91. The monoisotopic (exact) mass is 216 g/mol. The van der Waals surface area contributed by atoms with Gasteiger partial charge in [0, 0.05) is 12.2 Å². The molecule has 0 bridgehead atoms. The lowest BCUT2D eigenvalue weighted by atomic mass is 10.4. The molecule has 1 fully saturated rings. The molecule has 0 aromatic heterocycles. The van der Waals surface area contributed by atoms with Crippen molar-refractivity contribution in [3.63, 3.8) is 0 Å². The SMILES string of the molecule is O=C(O)/C=C/C(=O)O.O=C1CCC(=O)O1. The lowest BCUT2D eigenvalue weighted by Gasteiger charge is -1.79. The van der Waals surface area contributed by atoms with Crippen LogP contribution in [0.5, 0.6) is 0 Å². The van der Waals surface area contributed by atoms with E-state index in [2.05, 4.69) is 4.74 Å². The minimum Gasteiger partial charge on any atom is -0.478 e. The molecule has 0 unspecified atom stereocenters. The lowest BCUT2D eigenvalue weighted by Crippen LogP contribution is -1.94. The molecule has 7 nitrogen and oxygen atoms in total. The average Bonchev–Trinajstić information content (AvgIpc) is 2.47. The zero-order valence-electron chi connectivity index (χ0n) is 7.50. The van der Waals surface area contributed by atoms with E-state index in [1.807, 2.05) is 0 Å².